The molecule has 4 rings (SSSR count). The number of hydrogen-bond acceptors (Lipinski definition) is 9. The number of rotatable bonds is 5. The summed E-state index contributed by atoms with van der Waals surface area (Å²) in [6.45, 7) is 5.81. The average Bonchev–Trinajstić information content (AvgIpc) is 3.21. The van der Waals surface area contributed by atoms with E-state index in [1.165, 1.54) is 0 Å². The monoisotopic (exact) mass is 378 g/mol. The van der Waals surface area contributed by atoms with E-state index >= 15 is 0 Å². The van der Waals surface area contributed by atoms with Crippen LogP contribution in [0.4, 0.5) is 17.6 Å². The summed E-state index contributed by atoms with van der Waals surface area (Å²) >= 11 is 6.30. The zero-order valence-electron chi connectivity index (χ0n) is 14.6. The molecule has 10 heteroatoms. The Balaban J connectivity index is 1.80. The highest BCUT2D eigenvalue weighted by atomic mass is 35.5. The molecule has 0 amide bonds. The number of aliphatic hydroxyl groups excluding tert-OH is 1. The lowest BCUT2D eigenvalue weighted by atomic mass is 10.3. The zero-order chi connectivity index (χ0) is 17.9. The Kier molecular flexibility index (Phi) is 5.18. The van der Waals surface area contributed by atoms with E-state index in [0.717, 1.165) is 57.9 Å². The first-order chi connectivity index (χ1) is 12.8. The third-order valence-electron chi connectivity index (χ3n) is 4.67. The van der Waals surface area contributed by atoms with Gasteiger partial charge in [-0.3, -0.25) is 0 Å². The summed E-state index contributed by atoms with van der Waals surface area (Å²) in [4.78, 5) is 23.0. The van der Waals surface area contributed by atoms with Crippen LogP contribution in [0.1, 0.15) is 12.8 Å². The van der Waals surface area contributed by atoms with E-state index in [9.17, 15) is 0 Å². The van der Waals surface area contributed by atoms with Crippen LogP contribution < -0.4 is 20.4 Å². The SMILES string of the molecule is OCCNc1nc2nc(N3CCNCC3)nc(N3CCCC3)c2nc1Cl. The molecule has 3 N–H and O–H groups in total. The van der Waals surface area contributed by atoms with Crippen LogP contribution in [-0.4, -0.2) is 77.5 Å². The van der Waals surface area contributed by atoms with Gasteiger partial charge >= 0.3 is 0 Å². The first-order valence-corrected chi connectivity index (χ1v) is 9.44. The van der Waals surface area contributed by atoms with Gasteiger partial charge in [0.25, 0.3) is 0 Å². The smallest absolute Gasteiger partial charge is 0.229 e. The highest BCUT2D eigenvalue weighted by Crippen LogP contribution is 2.30. The van der Waals surface area contributed by atoms with Crippen LogP contribution in [0, 0.1) is 0 Å². The van der Waals surface area contributed by atoms with Crippen LogP contribution in [-0.2, 0) is 0 Å². The summed E-state index contributed by atoms with van der Waals surface area (Å²) in [6.07, 6.45) is 2.29. The molecular weight excluding hydrogens is 356 g/mol. The van der Waals surface area contributed by atoms with Gasteiger partial charge in [0.05, 0.1) is 6.61 Å². The molecule has 0 spiro atoms. The maximum Gasteiger partial charge on any atom is 0.229 e. The summed E-state index contributed by atoms with van der Waals surface area (Å²) < 4.78 is 0. The van der Waals surface area contributed by atoms with E-state index in [0.29, 0.717) is 29.5 Å². The predicted molar refractivity (Wildman–Crippen MR) is 102 cm³/mol. The van der Waals surface area contributed by atoms with Crippen LogP contribution in [0.25, 0.3) is 11.2 Å². The molecule has 0 aromatic carbocycles. The second-order valence-corrected chi connectivity index (χ2v) is 6.82. The van der Waals surface area contributed by atoms with Gasteiger partial charge in [-0.2, -0.15) is 9.97 Å². The van der Waals surface area contributed by atoms with Gasteiger partial charge < -0.3 is 25.5 Å². The lowest BCUT2D eigenvalue weighted by Gasteiger charge is -2.28. The lowest BCUT2D eigenvalue weighted by Crippen LogP contribution is -2.44. The quantitative estimate of drug-likeness (QED) is 0.685. The number of hydrogen-bond donors (Lipinski definition) is 3. The minimum absolute atomic E-state index is 0.00905. The van der Waals surface area contributed by atoms with Crippen molar-refractivity contribution < 1.29 is 5.11 Å². The first-order valence-electron chi connectivity index (χ1n) is 9.07. The minimum atomic E-state index is -0.00905. The van der Waals surface area contributed by atoms with E-state index in [1.54, 1.807) is 0 Å². The topological polar surface area (TPSA) is 102 Å². The number of nitrogens with one attached hydrogen (secondary N) is 2. The van der Waals surface area contributed by atoms with Gasteiger partial charge in [-0.1, -0.05) is 11.6 Å². The molecule has 9 nitrogen and oxygen atoms in total. The number of anilines is 3. The molecule has 2 saturated heterocycles. The van der Waals surface area contributed by atoms with Gasteiger partial charge in [-0.25, -0.2) is 9.97 Å². The Labute approximate surface area is 156 Å². The van der Waals surface area contributed by atoms with Crippen molar-refractivity contribution in [3.63, 3.8) is 0 Å². The van der Waals surface area contributed by atoms with Crippen molar-refractivity contribution in [1.82, 2.24) is 25.3 Å². The maximum atomic E-state index is 9.04. The summed E-state index contributed by atoms with van der Waals surface area (Å²) in [7, 11) is 0. The van der Waals surface area contributed by atoms with Gasteiger partial charge in [-0.05, 0) is 12.8 Å². The molecule has 0 atom stereocenters. The normalized spacial score (nSPS) is 17.9. The maximum absolute atomic E-state index is 9.04. The number of aliphatic hydroxyl groups is 1. The predicted octanol–water partition coefficient (Wildman–Crippen LogP) is 0.487. The molecule has 0 bridgehead atoms. The molecule has 2 aromatic heterocycles. The first kappa shape index (κ1) is 17.4. The molecule has 2 aliphatic rings. The van der Waals surface area contributed by atoms with Crippen molar-refractivity contribution in [2.75, 3.05) is 67.5 Å². The van der Waals surface area contributed by atoms with E-state index in [4.69, 9.17) is 21.7 Å². The van der Waals surface area contributed by atoms with Crippen molar-refractivity contribution >= 4 is 40.3 Å². The van der Waals surface area contributed by atoms with Crippen LogP contribution in [0.3, 0.4) is 0 Å². The van der Waals surface area contributed by atoms with Crippen LogP contribution in [0.2, 0.25) is 5.15 Å². The van der Waals surface area contributed by atoms with Crippen molar-refractivity contribution in [3.05, 3.63) is 5.15 Å². The van der Waals surface area contributed by atoms with Crippen LogP contribution in [0.15, 0.2) is 0 Å². The van der Waals surface area contributed by atoms with E-state index in [2.05, 4.69) is 35.4 Å². The Hall–Kier alpha value is -1.97. The Morgan fingerprint density at radius 1 is 1.00 bits per heavy atom. The Bertz CT molecular complexity index is 776. The molecule has 4 heterocycles. The number of piperazine rings is 1. The third kappa shape index (κ3) is 3.46. The molecule has 26 heavy (non-hydrogen) atoms. The lowest BCUT2D eigenvalue weighted by molar-refractivity contribution is 0.311. The number of halogens is 1. The van der Waals surface area contributed by atoms with Crippen LogP contribution in [0.5, 0.6) is 0 Å². The molecule has 2 fully saturated rings. The van der Waals surface area contributed by atoms with Crippen molar-refractivity contribution in [3.8, 4) is 0 Å². The van der Waals surface area contributed by atoms with Gasteiger partial charge in [0.1, 0.15) is 0 Å². The molecule has 0 saturated carbocycles. The summed E-state index contributed by atoms with van der Waals surface area (Å²) in [5, 5.41) is 15.6. The Morgan fingerprint density at radius 3 is 2.50 bits per heavy atom. The number of aromatic nitrogens is 4. The largest absolute Gasteiger partial charge is 0.395 e. The van der Waals surface area contributed by atoms with Crippen LogP contribution >= 0.6 is 11.6 Å². The summed E-state index contributed by atoms with van der Waals surface area (Å²) in [6, 6.07) is 0. The highest BCUT2D eigenvalue weighted by Gasteiger charge is 2.23. The molecule has 2 aromatic rings. The fraction of sp³-hybridized carbons (Fsp3) is 0.625. The Morgan fingerprint density at radius 2 is 1.77 bits per heavy atom. The second kappa shape index (κ2) is 7.73. The highest BCUT2D eigenvalue weighted by molar-refractivity contribution is 6.32. The average molecular weight is 379 g/mol. The van der Waals surface area contributed by atoms with Gasteiger partial charge in [0, 0.05) is 45.8 Å². The van der Waals surface area contributed by atoms with Crippen molar-refractivity contribution in [2.24, 2.45) is 0 Å². The molecule has 0 aliphatic carbocycles. The fourth-order valence-corrected chi connectivity index (χ4v) is 3.54. The molecule has 140 valence electrons. The van der Waals surface area contributed by atoms with E-state index in [1.807, 2.05) is 0 Å². The molecule has 0 unspecified atom stereocenters. The summed E-state index contributed by atoms with van der Waals surface area (Å²) in [5.41, 5.74) is 1.16. The van der Waals surface area contributed by atoms with E-state index in [-0.39, 0.29) is 11.8 Å². The standard InChI is InChI=1S/C16H23ClN8O/c17-12-14(19-5-10-26)21-13-11(20-12)15(24-6-1-2-7-24)23-16(22-13)25-8-3-18-4-9-25/h18,26H,1-10H2,(H,19,21,22,23). The second-order valence-electron chi connectivity index (χ2n) is 6.46. The van der Waals surface area contributed by atoms with Crippen molar-refractivity contribution in [1.29, 1.82) is 0 Å². The van der Waals surface area contributed by atoms with Gasteiger partial charge in [0.2, 0.25) is 5.95 Å². The van der Waals surface area contributed by atoms with Gasteiger partial charge in [0.15, 0.2) is 28.0 Å². The zero-order valence-corrected chi connectivity index (χ0v) is 15.3. The molecule has 2 aliphatic heterocycles. The number of fused-ring (bicyclic) bond motifs is 1. The fourth-order valence-electron chi connectivity index (χ4n) is 3.34. The third-order valence-corrected chi connectivity index (χ3v) is 4.93. The van der Waals surface area contributed by atoms with Crippen molar-refractivity contribution in [2.45, 2.75) is 12.8 Å². The minimum Gasteiger partial charge on any atom is -0.395 e. The number of nitrogens with zero attached hydrogens (tertiary/aromatic N) is 6. The van der Waals surface area contributed by atoms with Gasteiger partial charge in [-0.15, -0.1) is 0 Å². The summed E-state index contributed by atoms with van der Waals surface area (Å²) in [5.74, 6) is 1.93. The molecule has 0 radical (unpaired) electrons. The van der Waals surface area contributed by atoms with E-state index < -0.39 is 0 Å². The molecular formula is C16H23ClN8O.